The number of fused-ring (bicyclic) bond motifs is 2. The van der Waals surface area contributed by atoms with Crippen LogP contribution in [0.15, 0.2) is 54.6 Å². The van der Waals surface area contributed by atoms with E-state index in [-0.39, 0.29) is 29.5 Å². The number of hydrogen-bond acceptors (Lipinski definition) is 7. The van der Waals surface area contributed by atoms with Gasteiger partial charge in [0.1, 0.15) is 11.5 Å². The van der Waals surface area contributed by atoms with E-state index >= 15 is 0 Å². The summed E-state index contributed by atoms with van der Waals surface area (Å²) in [5.74, 6) is -2.26. The van der Waals surface area contributed by atoms with Gasteiger partial charge in [-0.15, -0.1) is 5.06 Å². The second kappa shape index (κ2) is 8.88. The van der Waals surface area contributed by atoms with Gasteiger partial charge >= 0.3 is 11.9 Å². The van der Waals surface area contributed by atoms with Crippen molar-refractivity contribution in [1.29, 1.82) is 0 Å². The van der Waals surface area contributed by atoms with E-state index < -0.39 is 23.8 Å². The number of anilines is 1. The first kappa shape index (κ1) is 23.5. The SMILES string of the molecule is C=c1ccc2c(c1)Oc1cc(N3CCC3)ccc1C=2c1cc(C(=O)ON2C(=O)CCC2=O)ccc1C(=O)O. The summed E-state index contributed by atoms with van der Waals surface area (Å²) < 4.78 is 6.25. The van der Waals surface area contributed by atoms with Crippen LogP contribution in [0.3, 0.4) is 0 Å². The number of benzene rings is 3. The molecule has 2 amide bonds. The van der Waals surface area contributed by atoms with Gasteiger partial charge in [-0.2, -0.15) is 0 Å². The summed E-state index contributed by atoms with van der Waals surface area (Å²) in [6.45, 7) is 5.88. The van der Waals surface area contributed by atoms with Gasteiger partial charge in [-0.3, -0.25) is 9.59 Å². The Balaban J connectivity index is 1.52. The van der Waals surface area contributed by atoms with Gasteiger partial charge in [0.2, 0.25) is 0 Å². The predicted molar refractivity (Wildman–Crippen MR) is 136 cm³/mol. The van der Waals surface area contributed by atoms with Crippen LogP contribution in [0.2, 0.25) is 0 Å². The van der Waals surface area contributed by atoms with Gasteiger partial charge in [0, 0.05) is 54.0 Å². The number of carboxylic acids is 1. The molecule has 190 valence electrons. The fourth-order valence-electron chi connectivity index (χ4n) is 4.84. The number of nitrogens with zero attached hydrogens (tertiary/aromatic N) is 2. The van der Waals surface area contributed by atoms with Crippen LogP contribution in [0, 0.1) is 0 Å². The fourth-order valence-corrected chi connectivity index (χ4v) is 4.84. The standard InChI is InChI=1S/C29H22N2O7/c1-16-3-6-20-23(13-16)37-24-15-18(30-11-2-12-30)5-8-21(24)27(20)22-14-17(4-7-19(22)28(34)35)29(36)38-31-25(32)9-10-26(31)33/h3-8,13-15H,1-2,9-12H2,(H,34,35). The number of hydroxylamine groups is 2. The highest BCUT2D eigenvalue weighted by Gasteiger charge is 2.34. The summed E-state index contributed by atoms with van der Waals surface area (Å²) in [5, 5.41) is 11.9. The molecule has 3 aliphatic heterocycles. The molecule has 0 radical (unpaired) electrons. The fraction of sp³-hybridized carbons (Fsp3) is 0.172. The van der Waals surface area contributed by atoms with Gasteiger partial charge in [-0.1, -0.05) is 18.7 Å². The summed E-state index contributed by atoms with van der Waals surface area (Å²) in [4.78, 5) is 56.4. The first-order valence-electron chi connectivity index (χ1n) is 12.2. The minimum atomic E-state index is -1.18. The van der Waals surface area contributed by atoms with E-state index in [1.165, 1.54) is 18.2 Å². The molecule has 2 saturated heterocycles. The number of carbonyl (C=O) groups excluding carboxylic acids is 3. The van der Waals surface area contributed by atoms with Crippen molar-refractivity contribution in [3.8, 4) is 11.5 Å². The normalized spacial score (nSPS) is 15.9. The smallest absolute Gasteiger partial charge is 0.363 e. The monoisotopic (exact) mass is 510 g/mol. The second-order valence-corrected chi connectivity index (χ2v) is 9.35. The topological polar surface area (TPSA) is 113 Å². The van der Waals surface area contributed by atoms with Gasteiger partial charge in [0.25, 0.3) is 11.8 Å². The molecule has 9 nitrogen and oxygen atoms in total. The van der Waals surface area contributed by atoms with Crippen LogP contribution < -0.4 is 20.1 Å². The Morgan fingerprint density at radius 2 is 1.66 bits per heavy atom. The number of carboxylic acid groups (broad SMARTS) is 1. The Labute approximate surface area is 216 Å². The average molecular weight is 511 g/mol. The van der Waals surface area contributed by atoms with Gasteiger partial charge in [-0.05, 0) is 53.6 Å². The number of hydrogen-bond donors (Lipinski definition) is 1. The number of amides is 2. The van der Waals surface area contributed by atoms with Crippen LogP contribution >= 0.6 is 0 Å². The summed E-state index contributed by atoms with van der Waals surface area (Å²) in [7, 11) is 0. The molecule has 0 unspecified atom stereocenters. The lowest BCUT2D eigenvalue weighted by molar-refractivity contribution is -0.172. The van der Waals surface area contributed by atoms with Crippen molar-refractivity contribution in [3.05, 3.63) is 87.3 Å². The molecule has 0 bridgehead atoms. The maximum Gasteiger partial charge on any atom is 0.363 e. The third-order valence-electron chi connectivity index (χ3n) is 6.93. The summed E-state index contributed by atoms with van der Waals surface area (Å²) in [6.07, 6.45) is 1.05. The van der Waals surface area contributed by atoms with Gasteiger partial charge in [-0.25, -0.2) is 9.59 Å². The summed E-state index contributed by atoms with van der Waals surface area (Å²) in [6, 6.07) is 15.2. The molecule has 0 atom stereocenters. The van der Waals surface area contributed by atoms with Gasteiger partial charge in [0.15, 0.2) is 0 Å². The van der Waals surface area contributed by atoms with Crippen molar-refractivity contribution in [2.45, 2.75) is 19.3 Å². The van der Waals surface area contributed by atoms with Crippen molar-refractivity contribution >= 4 is 41.6 Å². The lowest BCUT2D eigenvalue weighted by Gasteiger charge is -2.34. The molecule has 3 aromatic rings. The van der Waals surface area contributed by atoms with Crippen LogP contribution in [0.5, 0.6) is 11.5 Å². The van der Waals surface area contributed by atoms with Crippen molar-refractivity contribution in [3.63, 3.8) is 0 Å². The van der Waals surface area contributed by atoms with Crippen molar-refractivity contribution < 1.29 is 33.9 Å². The van der Waals surface area contributed by atoms with Crippen LogP contribution in [-0.2, 0) is 14.4 Å². The molecule has 0 spiro atoms. The Morgan fingerprint density at radius 3 is 2.34 bits per heavy atom. The first-order chi connectivity index (χ1) is 18.3. The molecular formula is C29H22N2O7. The Morgan fingerprint density at radius 1 is 0.895 bits per heavy atom. The lowest BCUT2D eigenvalue weighted by Crippen LogP contribution is -2.37. The second-order valence-electron chi connectivity index (χ2n) is 9.35. The average Bonchev–Trinajstić information content (AvgIpc) is 3.17. The van der Waals surface area contributed by atoms with Crippen LogP contribution in [0.25, 0.3) is 12.2 Å². The number of imide groups is 1. The molecule has 6 rings (SSSR count). The number of ether oxygens (including phenoxy) is 1. The van der Waals surface area contributed by atoms with Gasteiger partial charge in [0.05, 0.1) is 11.1 Å². The number of carbonyl (C=O) groups is 4. The van der Waals surface area contributed by atoms with E-state index in [1.54, 1.807) is 18.2 Å². The van der Waals surface area contributed by atoms with Crippen LogP contribution in [0.4, 0.5) is 5.69 Å². The third kappa shape index (κ3) is 3.88. The molecule has 0 saturated carbocycles. The maximum atomic E-state index is 12.9. The number of rotatable bonds is 5. The molecule has 3 aliphatic rings. The van der Waals surface area contributed by atoms with E-state index in [0.717, 1.165) is 30.4 Å². The third-order valence-corrected chi connectivity index (χ3v) is 6.93. The van der Waals surface area contributed by atoms with E-state index in [1.807, 2.05) is 18.2 Å². The largest absolute Gasteiger partial charge is 0.478 e. The first-order valence-corrected chi connectivity index (χ1v) is 12.2. The maximum absolute atomic E-state index is 12.9. The Bertz CT molecular complexity index is 1660. The van der Waals surface area contributed by atoms with Crippen molar-refractivity contribution in [1.82, 2.24) is 5.06 Å². The minimum Gasteiger partial charge on any atom is -0.478 e. The molecule has 1 N–H and O–H groups in total. The van der Waals surface area contributed by atoms with Crippen molar-refractivity contribution in [2.24, 2.45) is 0 Å². The zero-order valence-corrected chi connectivity index (χ0v) is 20.2. The highest BCUT2D eigenvalue weighted by molar-refractivity contribution is 6.04. The Hall–Kier alpha value is -4.92. The van der Waals surface area contributed by atoms with E-state index in [0.29, 0.717) is 32.9 Å². The molecule has 3 heterocycles. The molecule has 9 heteroatoms. The summed E-state index contributed by atoms with van der Waals surface area (Å²) >= 11 is 0. The minimum absolute atomic E-state index is 0.00873. The van der Waals surface area contributed by atoms with Gasteiger partial charge < -0.3 is 19.6 Å². The highest BCUT2D eigenvalue weighted by Crippen LogP contribution is 2.40. The Kier molecular flexibility index (Phi) is 5.48. The molecule has 3 aromatic carbocycles. The predicted octanol–water partition coefficient (Wildman–Crippen LogP) is 2.58. The highest BCUT2D eigenvalue weighted by atomic mass is 16.7. The van der Waals surface area contributed by atoms with Crippen LogP contribution in [0.1, 0.15) is 51.1 Å². The zero-order valence-electron chi connectivity index (χ0n) is 20.2. The molecular weight excluding hydrogens is 488 g/mol. The molecule has 0 aromatic heterocycles. The van der Waals surface area contributed by atoms with Crippen molar-refractivity contribution in [2.75, 3.05) is 18.0 Å². The summed E-state index contributed by atoms with van der Waals surface area (Å²) in [5.41, 5.74) is 2.46. The molecule has 38 heavy (non-hydrogen) atoms. The number of aromatic carboxylic acids is 1. The zero-order chi connectivity index (χ0) is 26.6. The molecule has 2 fully saturated rings. The van der Waals surface area contributed by atoms with Crippen LogP contribution in [-0.4, -0.2) is 47.0 Å². The van der Waals surface area contributed by atoms with E-state index in [4.69, 9.17) is 9.57 Å². The molecule has 0 aliphatic carbocycles. The van der Waals surface area contributed by atoms with E-state index in [9.17, 15) is 24.3 Å². The van der Waals surface area contributed by atoms with E-state index in [2.05, 4.69) is 11.5 Å². The quantitative estimate of drug-likeness (QED) is 0.408. The lowest BCUT2D eigenvalue weighted by atomic mass is 9.88.